The molecule has 0 unspecified atom stereocenters. The monoisotopic (exact) mass is 391 g/mol. The molecule has 0 radical (unpaired) electrons. The molecule has 0 aliphatic carbocycles. The first kappa shape index (κ1) is 17.9. The van der Waals surface area contributed by atoms with E-state index in [4.69, 9.17) is 4.98 Å². The van der Waals surface area contributed by atoms with Crippen molar-refractivity contribution in [3.8, 4) is 22.4 Å². The third-order valence-electron chi connectivity index (χ3n) is 5.69. The summed E-state index contributed by atoms with van der Waals surface area (Å²) in [4.78, 5) is 4.81. The molecule has 0 amide bonds. The van der Waals surface area contributed by atoms with Crippen molar-refractivity contribution in [3.05, 3.63) is 72.9 Å². The summed E-state index contributed by atoms with van der Waals surface area (Å²) in [5.74, 6) is 0. The molecule has 0 N–H and O–H groups in total. The van der Waals surface area contributed by atoms with E-state index >= 15 is 0 Å². The number of rotatable bonds is 6. The van der Waals surface area contributed by atoms with Gasteiger partial charge < -0.3 is 0 Å². The average molecular weight is 390 g/mol. The molecule has 1 nitrogen and oxygen atoms in total. The summed E-state index contributed by atoms with van der Waals surface area (Å²) in [6, 6.07) is 23.8. The third kappa shape index (κ3) is 3.72. The van der Waals surface area contributed by atoms with Gasteiger partial charge in [-0.2, -0.15) is 0 Å². The Hall–Kier alpha value is -1.87. The Morgan fingerprint density at radius 2 is 1.20 bits per heavy atom. The predicted octanol–water partition coefficient (Wildman–Crippen LogP) is 6.13. The van der Waals surface area contributed by atoms with Crippen LogP contribution in [0.2, 0.25) is 15.8 Å². The first-order valence-electron chi connectivity index (χ1n) is 9.35. The van der Waals surface area contributed by atoms with Gasteiger partial charge in [-0.3, -0.25) is 0 Å². The molecule has 1 aromatic heterocycles. The summed E-state index contributed by atoms with van der Waals surface area (Å²) in [5.41, 5.74) is 4.76. The predicted molar refractivity (Wildman–Crippen MR) is 112 cm³/mol. The van der Waals surface area contributed by atoms with Crippen LogP contribution in [0.1, 0.15) is 20.8 Å². The molecular formula is C23H27GeN. The molecule has 1 heterocycles. The van der Waals surface area contributed by atoms with Crippen LogP contribution in [0, 0.1) is 0 Å². The summed E-state index contributed by atoms with van der Waals surface area (Å²) in [5, 5.41) is 4.04. The maximum absolute atomic E-state index is 4.81. The van der Waals surface area contributed by atoms with Gasteiger partial charge in [-0.1, -0.05) is 0 Å². The van der Waals surface area contributed by atoms with Crippen LogP contribution in [-0.2, 0) is 0 Å². The molecule has 0 fully saturated rings. The van der Waals surface area contributed by atoms with Gasteiger partial charge in [-0.25, -0.2) is 0 Å². The fraction of sp³-hybridized carbons (Fsp3) is 0.261. The Kier molecular flexibility index (Phi) is 5.75. The Morgan fingerprint density at radius 3 is 1.72 bits per heavy atom. The van der Waals surface area contributed by atoms with Crippen molar-refractivity contribution in [1.82, 2.24) is 4.98 Å². The Bertz CT molecular complexity index is 779. The van der Waals surface area contributed by atoms with Crippen LogP contribution in [0.4, 0.5) is 0 Å². The summed E-state index contributed by atoms with van der Waals surface area (Å²) in [6.07, 6.45) is 2.16. The number of nitrogens with zero attached hydrogens (tertiary/aromatic N) is 1. The van der Waals surface area contributed by atoms with E-state index in [9.17, 15) is 0 Å². The fourth-order valence-corrected chi connectivity index (χ4v) is 11.0. The first-order valence-corrected chi connectivity index (χ1v) is 14.8. The van der Waals surface area contributed by atoms with E-state index < -0.39 is 13.3 Å². The molecule has 25 heavy (non-hydrogen) atoms. The molecule has 0 bridgehead atoms. The van der Waals surface area contributed by atoms with Gasteiger partial charge in [-0.05, 0) is 0 Å². The van der Waals surface area contributed by atoms with E-state index in [-0.39, 0.29) is 0 Å². The quantitative estimate of drug-likeness (QED) is 0.462. The van der Waals surface area contributed by atoms with Crippen LogP contribution in [-0.4, -0.2) is 18.3 Å². The Labute approximate surface area is 154 Å². The van der Waals surface area contributed by atoms with Crippen LogP contribution < -0.4 is 4.40 Å². The van der Waals surface area contributed by atoms with Gasteiger partial charge in [0.05, 0.1) is 0 Å². The summed E-state index contributed by atoms with van der Waals surface area (Å²) < 4.78 is 1.55. The van der Waals surface area contributed by atoms with Crippen molar-refractivity contribution >= 4 is 17.7 Å². The normalized spacial score (nSPS) is 11.5. The number of hydrogen-bond donors (Lipinski definition) is 0. The molecule has 0 saturated carbocycles. The van der Waals surface area contributed by atoms with E-state index in [0.29, 0.717) is 0 Å². The molecule has 0 aliphatic rings. The second kappa shape index (κ2) is 8.01. The molecule has 0 atom stereocenters. The molecule has 3 rings (SSSR count). The van der Waals surface area contributed by atoms with Crippen LogP contribution >= 0.6 is 0 Å². The van der Waals surface area contributed by atoms with E-state index in [1.807, 2.05) is 0 Å². The zero-order valence-electron chi connectivity index (χ0n) is 15.5. The van der Waals surface area contributed by atoms with Crippen molar-refractivity contribution in [2.45, 2.75) is 36.5 Å². The minimum atomic E-state index is -1.89. The van der Waals surface area contributed by atoms with E-state index in [1.165, 1.54) is 32.5 Å². The van der Waals surface area contributed by atoms with Crippen LogP contribution in [0.15, 0.2) is 72.9 Å². The van der Waals surface area contributed by atoms with Crippen LogP contribution in [0.3, 0.4) is 0 Å². The molecule has 0 aliphatic heterocycles. The standard InChI is InChI=1S/C23H27GeN/c1-4-24(5-2,6-3)22-16-17-23(25-18-22)21-14-12-20(13-15-21)19-10-8-7-9-11-19/h7-18H,4-6H2,1-3H3. The molecular weight excluding hydrogens is 363 g/mol. The summed E-state index contributed by atoms with van der Waals surface area (Å²) in [6.45, 7) is 7.09. The number of aromatic nitrogens is 1. The van der Waals surface area contributed by atoms with E-state index in [2.05, 4.69) is 93.7 Å². The van der Waals surface area contributed by atoms with Gasteiger partial charge in [0.2, 0.25) is 0 Å². The molecule has 0 spiro atoms. The molecule has 128 valence electrons. The fourth-order valence-electron chi connectivity index (χ4n) is 3.70. The molecule has 0 saturated heterocycles. The molecule has 2 heteroatoms. The van der Waals surface area contributed by atoms with Crippen molar-refractivity contribution in [3.63, 3.8) is 0 Å². The molecule has 3 aromatic rings. The number of benzene rings is 2. The van der Waals surface area contributed by atoms with Gasteiger partial charge >= 0.3 is 154 Å². The Balaban J connectivity index is 1.85. The molecule has 2 aromatic carbocycles. The van der Waals surface area contributed by atoms with Crippen LogP contribution in [0.25, 0.3) is 22.4 Å². The van der Waals surface area contributed by atoms with Gasteiger partial charge in [0.25, 0.3) is 0 Å². The maximum atomic E-state index is 4.81. The van der Waals surface area contributed by atoms with Crippen molar-refractivity contribution in [2.75, 3.05) is 0 Å². The van der Waals surface area contributed by atoms with E-state index in [0.717, 1.165) is 5.69 Å². The first-order chi connectivity index (χ1) is 12.2. The van der Waals surface area contributed by atoms with Crippen molar-refractivity contribution < 1.29 is 0 Å². The van der Waals surface area contributed by atoms with Gasteiger partial charge in [0.15, 0.2) is 0 Å². The van der Waals surface area contributed by atoms with Crippen molar-refractivity contribution in [2.24, 2.45) is 0 Å². The van der Waals surface area contributed by atoms with Crippen LogP contribution in [0.5, 0.6) is 0 Å². The second-order valence-electron chi connectivity index (χ2n) is 6.72. The Morgan fingerprint density at radius 1 is 0.640 bits per heavy atom. The summed E-state index contributed by atoms with van der Waals surface area (Å²) >= 11 is -1.89. The van der Waals surface area contributed by atoms with E-state index in [1.54, 1.807) is 4.40 Å². The minimum absolute atomic E-state index is 1.07. The zero-order valence-corrected chi connectivity index (χ0v) is 17.6. The van der Waals surface area contributed by atoms with Gasteiger partial charge in [0.1, 0.15) is 0 Å². The number of pyridine rings is 1. The third-order valence-corrected chi connectivity index (χ3v) is 17.4. The van der Waals surface area contributed by atoms with Crippen molar-refractivity contribution in [1.29, 1.82) is 0 Å². The second-order valence-corrected chi connectivity index (χ2v) is 17.8. The SMILES string of the molecule is C[CH2][Ge]([CH2]C)([CH2]C)[c]1ccc(-c2ccc(-c3ccccc3)cc2)nc1. The van der Waals surface area contributed by atoms with Gasteiger partial charge in [-0.15, -0.1) is 0 Å². The van der Waals surface area contributed by atoms with Gasteiger partial charge in [0, 0.05) is 0 Å². The topological polar surface area (TPSA) is 12.9 Å². The number of hydrogen-bond acceptors (Lipinski definition) is 1. The summed E-state index contributed by atoms with van der Waals surface area (Å²) in [7, 11) is 0. The average Bonchev–Trinajstić information content (AvgIpc) is 2.71. The zero-order chi connectivity index (χ0) is 17.7.